The number of nitrogens with one attached hydrogen (secondary N) is 1. The maximum atomic E-state index is 13.5. The molecule has 1 amide bonds. The Morgan fingerprint density at radius 3 is 2.31 bits per heavy atom. The first-order valence-electron chi connectivity index (χ1n) is 13.8. The van der Waals surface area contributed by atoms with Gasteiger partial charge in [0.05, 0.1) is 5.56 Å². The first-order chi connectivity index (χ1) is 18.9. The fourth-order valence-corrected chi connectivity index (χ4v) is 5.84. The van der Waals surface area contributed by atoms with Crippen molar-refractivity contribution in [3.05, 3.63) is 93.4 Å². The lowest BCUT2D eigenvalue weighted by atomic mass is 10.0. The summed E-state index contributed by atoms with van der Waals surface area (Å²) in [5.41, 5.74) is 4.31. The second kappa shape index (κ2) is 12.5. The average Bonchev–Trinajstić information content (AvgIpc) is 2.95. The Balaban J connectivity index is 1.08. The van der Waals surface area contributed by atoms with Gasteiger partial charge in [0.15, 0.2) is 0 Å². The quantitative estimate of drug-likeness (QED) is 0.438. The summed E-state index contributed by atoms with van der Waals surface area (Å²) < 4.78 is 13.5. The van der Waals surface area contributed by atoms with E-state index in [-0.39, 0.29) is 11.7 Å². The van der Waals surface area contributed by atoms with Crippen LogP contribution in [0, 0.1) is 19.7 Å². The zero-order valence-electron chi connectivity index (χ0n) is 22.8. The highest BCUT2D eigenvalue weighted by atomic mass is 35.5. The zero-order chi connectivity index (χ0) is 27.4. The third-order valence-electron chi connectivity index (χ3n) is 7.99. The summed E-state index contributed by atoms with van der Waals surface area (Å²) in [6.45, 7) is 11.3. The summed E-state index contributed by atoms with van der Waals surface area (Å²) >= 11 is 6.02. The van der Waals surface area contributed by atoms with E-state index in [0.29, 0.717) is 23.7 Å². The van der Waals surface area contributed by atoms with Crippen molar-refractivity contribution in [3.8, 4) is 0 Å². The number of aryl methyl sites for hydroxylation is 2. The minimum atomic E-state index is -0.239. The SMILES string of the molecule is Cc1cc(CNC(=O)c2cnc(N3CCN(C4CCN(Cc5ccc(Cl)cc5)CC4)CC3)c(C)c2)ccc1F. The van der Waals surface area contributed by atoms with E-state index < -0.39 is 0 Å². The summed E-state index contributed by atoms with van der Waals surface area (Å²) in [5, 5.41) is 3.71. The molecule has 6 nitrogen and oxygen atoms in total. The minimum absolute atomic E-state index is 0.175. The molecule has 8 heteroatoms. The van der Waals surface area contributed by atoms with Crippen molar-refractivity contribution < 1.29 is 9.18 Å². The van der Waals surface area contributed by atoms with E-state index in [0.717, 1.165) is 67.8 Å². The topological polar surface area (TPSA) is 51.7 Å². The fourth-order valence-electron chi connectivity index (χ4n) is 5.71. The third kappa shape index (κ3) is 6.96. The number of halogens is 2. The number of piperazine rings is 1. The molecule has 0 radical (unpaired) electrons. The van der Waals surface area contributed by atoms with E-state index >= 15 is 0 Å². The first kappa shape index (κ1) is 27.6. The number of rotatable bonds is 7. The molecule has 2 aliphatic heterocycles. The van der Waals surface area contributed by atoms with E-state index in [1.165, 1.54) is 24.5 Å². The molecule has 0 bridgehead atoms. The Morgan fingerprint density at radius 2 is 1.64 bits per heavy atom. The van der Waals surface area contributed by atoms with Crippen molar-refractivity contribution in [3.63, 3.8) is 0 Å². The molecular weight excluding hydrogens is 513 g/mol. The van der Waals surface area contributed by atoms with Crippen molar-refractivity contribution in [2.24, 2.45) is 0 Å². The van der Waals surface area contributed by atoms with E-state index in [2.05, 4.69) is 37.1 Å². The second-order valence-electron chi connectivity index (χ2n) is 10.8. The van der Waals surface area contributed by atoms with Gasteiger partial charge in [0.25, 0.3) is 5.91 Å². The fraction of sp³-hybridized carbons (Fsp3) is 0.419. The van der Waals surface area contributed by atoms with Crippen molar-refractivity contribution in [1.82, 2.24) is 20.1 Å². The summed E-state index contributed by atoms with van der Waals surface area (Å²) in [6, 6.07) is 15.6. The summed E-state index contributed by atoms with van der Waals surface area (Å²) in [5.74, 6) is 0.543. The van der Waals surface area contributed by atoms with Gasteiger partial charge in [-0.15, -0.1) is 0 Å². The lowest BCUT2D eigenvalue weighted by molar-refractivity contribution is 0.0950. The molecule has 3 heterocycles. The number of pyridine rings is 1. The highest BCUT2D eigenvalue weighted by Crippen LogP contribution is 2.24. The van der Waals surface area contributed by atoms with E-state index in [4.69, 9.17) is 11.6 Å². The molecule has 5 rings (SSSR count). The zero-order valence-corrected chi connectivity index (χ0v) is 23.6. The molecule has 0 saturated carbocycles. The van der Waals surface area contributed by atoms with Gasteiger partial charge in [0.2, 0.25) is 0 Å². The van der Waals surface area contributed by atoms with Crippen LogP contribution in [0.2, 0.25) is 5.02 Å². The molecule has 2 fully saturated rings. The highest BCUT2D eigenvalue weighted by molar-refractivity contribution is 6.30. The van der Waals surface area contributed by atoms with Gasteiger partial charge in [-0.2, -0.15) is 0 Å². The molecular formula is C31H37ClFN5O. The number of hydrogen-bond donors (Lipinski definition) is 1. The van der Waals surface area contributed by atoms with Crippen LogP contribution < -0.4 is 10.2 Å². The lowest BCUT2D eigenvalue weighted by Crippen LogP contribution is -2.53. The monoisotopic (exact) mass is 549 g/mol. The molecule has 39 heavy (non-hydrogen) atoms. The normalized spacial score (nSPS) is 17.4. The number of benzene rings is 2. The largest absolute Gasteiger partial charge is 0.354 e. The van der Waals surface area contributed by atoms with Gasteiger partial charge in [-0.1, -0.05) is 35.9 Å². The van der Waals surface area contributed by atoms with Crippen LogP contribution in [0.25, 0.3) is 0 Å². The average molecular weight is 550 g/mol. The molecule has 0 spiro atoms. The molecule has 1 N–H and O–H groups in total. The van der Waals surface area contributed by atoms with Crippen molar-refractivity contribution in [2.45, 2.75) is 45.8 Å². The number of aromatic nitrogens is 1. The number of likely N-dealkylation sites (tertiary alicyclic amines) is 1. The number of piperidine rings is 1. The molecule has 0 unspecified atom stereocenters. The van der Waals surface area contributed by atoms with Gasteiger partial charge in [0, 0.05) is 56.5 Å². The Labute approximate surface area is 235 Å². The van der Waals surface area contributed by atoms with Crippen LogP contribution >= 0.6 is 11.6 Å². The third-order valence-corrected chi connectivity index (χ3v) is 8.25. The van der Waals surface area contributed by atoms with Gasteiger partial charge >= 0.3 is 0 Å². The smallest absolute Gasteiger partial charge is 0.253 e. The van der Waals surface area contributed by atoms with E-state index in [1.807, 2.05) is 25.1 Å². The first-order valence-corrected chi connectivity index (χ1v) is 14.2. The van der Waals surface area contributed by atoms with Crippen LogP contribution in [0.3, 0.4) is 0 Å². The molecule has 3 aromatic rings. The predicted molar refractivity (Wildman–Crippen MR) is 155 cm³/mol. The second-order valence-corrected chi connectivity index (χ2v) is 11.2. The molecule has 2 saturated heterocycles. The predicted octanol–water partition coefficient (Wildman–Crippen LogP) is 5.21. The van der Waals surface area contributed by atoms with Crippen LogP contribution in [0.4, 0.5) is 10.2 Å². The maximum Gasteiger partial charge on any atom is 0.253 e. The number of anilines is 1. The van der Waals surface area contributed by atoms with Gasteiger partial charge in [-0.25, -0.2) is 9.37 Å². The Morgan fingerprint density at radius 1 is 0.949 bits per heavy atom. The minimum Gasteiger partial charge on any atom is -0.354 e. The van der Waals surface area contributed by atoms with Crippen molar-refractivity contribution in [1.29, 1.82) is 0 Å². The summed E-state index contributed by atoms with van der Waals surface area (Å²) in [7, 11) is 0. The molecule has 0 aliphatic carbocycles. The van der Waals surface area contributed by atoms with Gasteiger partial charge in [-0.3, -0.25) is 14.6 Å². The van der Waals surface area contributed by atoms with Crippen molar-refractivity contribution >= 4 is 23.3 Å². The Hall–Kier alpha value is -3.00. The van der Waals surface area contributed by atoms with Crippen LogP contribution in [0.5, 0.6) is 0 Å². The summed E-state index contributed by atoms with van der Waals surface area (Å²) in [6.07, 6.45) is 4.06. The number of carbonyl (C=O) groups excluding carboxylic acids is 1. The van der Waals surface area contributed by atoms with Crippen LogP contribution in [0.1, 0.15) is 45.5 Å². The van der Waals surface area contributed by atoms with Gasteiger partial charge < -0.3 is 10.2 Å². The van der Waals surface area contributed by atoms with Gasteiger partial charge in [-0.05, 0) is 86.3 Å². The number of amides is 1. The highest BCUT2D eigenvalue weighted by Gasteiger charge is 2.28. The number of hydrogen-bond acceptors (Lipinski definition) is 5. The van der Waals surface area contributed by atoms with Crippen LogP contribution in [-0.2, 0) is 13.1 Å². The molecule has 2 aliphatic rings. The molecule has 2 aromatic carbocycles. The number of nitrogens with zero attached hydrogens (tertiary/aromatic N) is 4. The van der Waals surface area contributed by atoms with Crippen LogP contribution in [-0.4, -0.2) is 66.0 Å². The standard InChI is InChI=1S/C31H37ClFN5O/c1-22-17-25(5-8-29(22)33)19-35-31(39)26-18-23(2)30(34-20-26)38-15-13-37(14-16-38)28-9-11-36(12-10-28)21-24-3-6-27(32)7-4-24/h3-8,17-18,20,28H,9-16,19,21H2,1-2H3,(H,35,39). The molecule has 1 aromatic heterocycles. The molecule has 206 valence electrons. The van der Waals surface area contributed by atoms with E-state index in [9.17, 15) is 9.18 Å². The van der Waals surface area contributed by atoms with Gasteiger partial charge in [0.1, 0.15) is 11.6 Å². The van der Waals surface area contributed by atoms with Crippen LogP contribution in [0.15, 0.2) is 54.7 Å². The Kier molecular flexibility index (Phi) is 8.80. The number of carbonyl (C=O) groups is 1. The summed E-state index contributed by atoms with van der Waals surface area (Å²) in [4.78, 5) is 24.9. The van der Waals surface area contributed by atoms with E-state index in [1.54, 1.807) is 25.3 Å². The lowest BCUT2D eigenvalue weighted by Gasteiger charge is -2.43. The molecule has 0 atom stereocenters. The Bertz CT molecular complexity index is 1280. The maximum absolute atomic E-state index is 13.5. The van der Waals surface area contributed by atoms with Crippen molar-refractivity contribution in [2.75, 3.05) is 44.2 Å².